The fourth-order valence-electron chi connectivity index (χ4n) is 11.1. The number of hydrogen-bond donors (Lipinski definition) is 0. The molecule has 13 aromatic rings. The molecule has 386 valence electrons. The average molecular weight is 1060 g/mol. The summed E-state index contributed by atoms with van der Waals surface area (Å²) in [6, 6.07) is 66.1. The van der Waals surface area contributed by atoms with E-state index < -0.39 is 23.5 Å². The van der Waals surface area contributed by atoms with Crippen molar-refractivity contribution in [3.05, 3.63) is 252 Å². The van der Waals surface area contributed by atoms with Crippen LogP contribution < -0.4 is 0 Å². The fourth-order valence-corrected chi connectivity index (χ4v) is 11.1. The molecule has 0 aliphatic heterocycles. The molecule has 0 atom stereocenters. The van der Waals surface area contributed by atoms with Crippen LogP contribution in [0.5, 0.6) is 0 Å². The van der Waals surface area contributed by atoms with Gasteiger partial charge in [0.25, 0.3) is 0 Å². The Bertz CT molecular complexity index is 4610. The van der Waals surface area contributed by atoms with Gasteiger partial charge in [0.1, 0.15) is 0 Å². The van der Waals surface area contributed by atoms with E-state index in [1.807, 2.05) is 176 Å². The molecule has 13 rings (SSSR count). The van der Waals surface area contributed by atoms with E-state index >= 15 is 0 Å². The predicted molar refractivity (Wildman–Crippen MR) is 307 cm³/mol. The van der Waals surface area contributed by atoms with Gasteiger partial charge in [0, 0.05) is 49.5 Å². The number of benzene rings is 10. The van der Waals surface area contributed by atoms with Crippen LogP contribution >= 0.6 is 0 Å². The third kappa shape index (κ3) is 8.69. The van der Waals surface area contributed by atoms with Crippen molar-refractivity contribution in [2.24, 2.45) is 0 Å². The summed E-state index contributed by atoms with van der Waals surface area (Å²) in [5, 5.41) is 3.30. The molecule has 0 radical (unpaired) electrons. The van der Waals surface area contributed by atoms with Crippen LogP contribution in [0, 0.1) is 20.4 Å². The number of fused-ring (bicyclic) bond motifs is 6. The first-order chi connectivity index (χ1) is 38.7. The molecule has 3 aromatic heterocycles. The number of halogens is 6. The van der Waals surface area contributed by atoms with Gasteiger partial charge >= 0.3 is 12.4 Å². The minimum Gasteiger partial charge on any atom is -0.310 e. The van der Waals surface area contributed by atoms with Gasteiger partial charge in [-0.3, -0.25) is 0 Å². The minimum absolute atomic E-state index is 0.330. The highest BCUT2D eigenvalue weighted by molar-refractivity contribution is 6.13. The summed E-state index contributed by atoms with van der Waals surface area (Å²) in [5.74, 6) is 1.30. The molecule has 0 aliphatic rings. The van der Waals surface area contributed by atoms with Crippen molar-refractivity contribution >= 4 is 49.3 Å². The Hall–Kier alpha value is -10.1. The molecule has 0 aliphatic carbocycles. The first-order valence-electron chi connectivity index (χ1n) is 25.7. The highest BCUT2D eigenvalue weighted by Crippen LogP contribution is 2.47. The van der Waals surface area contributed by atoms with Gasteiger partial charge in [-0.25, -0.2) is 19.8 Å². The molecule has 10 aromatic carbocycles. The zero-order valence-corrected chi connectivity index (χ0v) is 42.7. The Kier molecular flexibility index (Phi) is 11.8. The van der Waals surface area contributed by atoms with E-state index in [0.717, 1.165) is 66.9 Å². The van der Waals surface area contributed by atoms with E-state index in [9.17, 15) is 26.3 Å². The SMILES string of the molecule is [C-]#[N+]c1cccc(-n2c3ccccc3c3cc(-c4cc(C)cc(C(F)(F)F)c4)ccc32)c1-c1cc(-c2nc(-c3ccccc3)nc(-c3ccccc3)n2)ccc1-n1c2ccccc2c2cc(-c3cc(C)cc(C(F)(F)F)c3)ccc21. The summed E-state index contributed by atoms with van der Waals surface area (Å²) < 4.78 is 89.5. The molecule has 0 saturated heterocycles. The zero-order chi connectivity index (χ0) is 55.0. The maximum Gasteiger partial charge on any atom is 0.416 e. The van der Waals surface area contributed by atoms with E-state index in [2.05, 4.69) is 14.0 Å². The Morgan fingerprint density at radius 1 is 0.362 bits per heavy atom. The molecular formula is C68H42F6N6. The lowest BCUT2D eigenvalue weighted by Crippen LogP contribution is -2.05. The van der Waals surface area contributed by atoms with Crippen LogP contribution in [0.1, 0.15) is 22.3 Å². The summed E-state index contributed by atoms with van der Waals surface area (Å²) in [6.45, 7) is 12.2. The molecule has 80 heavy (non-hydrogen) atoms. The molecule has 6 nitrogen and oxygen atoms in total. The van der Waals surface area contributed by atoms with Crippen LogP contribution in [0.4, 0.5) is 32.0 Å². The van der Waals surface area contributed by atoms with Gasteiger partial charge in [-0.05, 0) is 138 Å². The Labute approximate surface area is 455 Å². The number of hydrogen-bond acceptors (Lipinski definition) is 3. The molecule has 0 N–H and O–H groups in total. The Balaban J connectivity index is 1.09. The Morgan fingerprint density at radius 3 is 1.29 bits per heavy atom. The van der Waals surface area contributed by atoms with Crippen molar-refractivity contribution in [3.8, 4) is 78.9 Å². The van der Waals surface area contributed by atoms with Crippen LogP contribution in [-0.4, -0.2) is 24.1 Å². The van der Waals surface area contributed by atoms with Gasteiger partial charge in [-0.2, -0.15) is 26.3 Å². The first kappa shape index (κ1) is 49.5. The van der Waals surface area contributed by atoms with Gasteiger partial charge in [0.05, 0.1) is 45.5 Å². The van der Waals surface area contributed by atoms with Crippen molar-refractivity contribution < 1.29 is 26.3 Å². The molecule has 12 heteroatoms. The van der Waals surface area contributed by atoms with E-state index in [0.29, 0.717) is 84.6 Å². The van der Waals surface area contributed by atoms with Crippen molar-refractivity contribution in [1.82, 2.24) is 24.1 Å². The van der Waals surface area contributed by atoms with Gasteiger partial charge in [-0.1, -0.05) is 133 Å². The highest BCUT2D eigenvalue weighted by Gasteiger charge is 2.33. The van der Waals surface area contributed by atoms with Gasteiger partial charge < -0.3 is 9.13 Å². The lowest BCUT2D eigenvalue weighted by molar-refractivity contribution is -0.138. The topological polar surface area (TPSA) is 52.9 Å². The van der Waals surface area contributed by atoms with Crippen molar-refractivity contribution in [2.75, 3.05) is 0 Å². The van der Waals surface area contributed by atoms with E-state index in [4.69, 9.17) is 21.5 Å². The van der Waals surface area contributed by atoms with E-state index in [-0.39, 0.29) is 0 Å². The monoisotopic (exact) mass is 1060 g/mol. The van der Waals surface area contributed by atoms with Crippen LogP contribution in [0.2, 0.25) is 0 Å². The molecule has 0 saturated carbocycles. The third-order valence-electron chi connectivity index (χ3n) is 14.7. The second kappa shape index (κ2) is 19.1. The van der Waals surface area contributed by atoms with Crippen LogP contribution in [0.25, 0.3) is 127 Å². The standard InChI is InChI=1S/C68H42F6N6/c1-40-31-47(35-49(33-40)67(69,70)71)44-25-28-59-53(37-44)51-19-10-12-22-57(51)79(59)61-30-27-46(66-77-64(42-15-6-4-7-16-42)76-65(78-66)43-17-8-5-9-18-43)39-55(61)63-56(75-3)21-14-24-62(63)80-58-23-13-11-20-52(58)54-38-45(26-29-60(54)80)48-32-41(2)34-50(36-48)68(72,73)74/h4-39H,1-2H3. The lowest BCUT2D eigenvalue weighted by atomic mass is 9.96. The highest BCUT2D eigenvalue weighted by atomic mass is 19.4. The van der Waals surface area contributed by atoms with Crippen molar-refractivity contribution in [1.29, 1.82) is 0 Å². The average Bonchev–Trinajstić information content (AvgIpc) is 4.19. The normalized spacial score (nSPS) is 12.0. The van der Waals surface area contributed by atoms with Crippen molar-refractivity contribution in [2.45, 2.75) is 26.2 Å². The number of aromatic nitrogens is 5. The smallest absolute Gasteiger partial charge is 0.310 e. The summed E-state index contributed by atoms with van der Waals surface area (Å²) in [6.07, 6.45) is -9.07. The van der Waals surface area contributed by atoms with Crippen molar-refractivity contribution in [3.63, 3.8) is 0 Å². The number of rotatable bonds is 8. The maximum atomic E-state index is 14.2. The van der Waals surface area contributed by atoms with Gasteiger partial charge in [0.15, 0.2) is 23.2 Å². The number of alkyl halides is 6. The zero-order valence-electron chi connectivity index (χ0n) is 42.7. The first-order valence-corrected chi connectivity index (χ1v) is 25.7. The molecule has 0 fully saturated rings. The molecule has 0 unspecified atom stereocenters. The lowest BCUT2D eigenvalue weighted by Gasteiger charge is -2.21. The maximum absolute atomic E-state index is 14.2. The number of aryl methyl sites for hydroxylation is 2. The Morgan fingerprint density at radius 2 is 0.800 bits per heavy atom. The molecule has 0 amide bonds. The number of nitrogens with zero attached hydrogens (tertiary/aromatic N) is 6. The summed E-state index contributed by atoms with van der Waals surface area (Å²) in [4.78, 5) is 19.4. The number of para-hydroxylation sites is 2. The summed E-state index contributed by atoms with van der Waals surface area (Å²) in [5.41, 5.74) is 9.79. The second-order valence-electron chi connectivity index (χ2n) is 19.9. The van der Waals surface area contributed by atoms with Gasteiger partial charge in [-0.15, -0.1) is 0 Å². The van der Waals surface area contributed by atoms with E-state index in [1.54, 1.807) is 32.0 Å². The van der Waals surface area contributed by atoms with Gasteiger partial charge in [0.2, 0.25) is 0 Å². The molecule has 0 spiro atoms. The largest absolute Gasteiger partial charge is 0.416 e. The quantitative estimate of drug-likeness (QED) is 0.113. The second-order valence-corrected chi connectivity index (χ2v) is 19.9. The van der Waals surface area contributed by atoms with E-state index in [1.165, 1.54) is 12.1 Å². The summed E-state index contributed by atoms with van der Waals surface area (Å²) in [7, 11) is 0. The van der Waals surface area contributed by atoms with Crippen LogP contribution in [0.15, 0.2) is 218 Å². The summed E-state index contributed by atoms with van der Waals surface area (Å²) >= 11 is 0. The molecule has 3 heterocycles. The molecular weight excluding hydrogens is 1010 g/mol. The predicted octanol–water partition coefficient (Wildman–Crippen LogP) is 19.3. The fraction of sp³-hybridized carbons (Fsp3) is 0.0588. The van der Waals surface area contributed by atoms with Crippen LogP contribution in [0.3, 0.4) is 0 Å². The minimum atomic E-state index is -4.54. The van der Waals surface area contributed by atoms with Crippen LogP contribution in [-0.2, 0) is 12.4 Å². The molecule has 0 bridgehead atoms. The third-order valence-corrected chi connectivity index (χ3v) is 14.7.